The zero-order valence-corrected chi connectivity index (χ0v) is 11.1. The highest BCUT2D eigenvalue weighted by atomic mass is 19.4. The van der Waals surface area contributed by atoms with E-state index in [1.54, 1.807) is 6.07 Å². The zero-order valence-electron chi connectivity index (χ0n) is 11.1. The maximum absolute atomic E-state index is 13.6. The van der Waals surface area contributed by atoms with Crippen LogP contribution >= 0.6 is 0 Å². The molecular weight excluding hydrogens is 282 g/mol. The second kappa shape index (κ2) is 5.06. The first-order chi connectivity index (χ1) is 9.95. The van der Waals surface area contributed by atoms with Crippen LogP contribution in [-0.2, 0) is 12.6 Å². The number of rotatable bonds is 1. The minimum absolute atomic E-state index is 0.453. The summed E-state index contributed by atoms with van der Waals surface area (Å²) in [4.78, 5) is 0. The van der Waals surface area contributed by atoms with Gasteiger partial charge >= 0.3 is 6.18 Å². The van der Waals surface area contributed by atoms with Gasteiger partial charge in [0.1, 0.15) is 5.82 Å². The van der Waals surface area contributed by atoms with Gasteiger partial charge in [0.25, 0.3) is 0 Å². The van der Waals surface area contributed by atoms with Crippen LogP contribution in [0.15, 0.2) is 36.4 Å². The fourth-order valence-corrected chi connectivity index (χ4v) is 2.58. The van der Waals surface area contributed by atoms with Crippen LogP contribution in [0.1, 0.15) is 17.5 Å². The number of halogens is 4. The standard InChI is InChI=1S/C16H13F4N/c17-14-9-11(3-5-13(14)16(18,19)20)10-4-6-15-12(8-10)2-1-7-21-15/h3-6,8-9,21H,1-2,7H2. The van der Waals surface area contributed by atoms with Crippen molar-refractivity contribution in [2.24, 2.45) is 0 Å². The number of aryl methyl sites for hydroxylation is 1. The van der Waals surface area contributed by atoms with E-state index in [-0.39, 0.29) is 0 Å². The number of nitrogens with one attached hydrogen (secondary N) is 1. The number of anilines is 1. The summed E-state index contributed by atoms with van der Waals surface area (Å²) in [7, 11) is 0. The molecule has 0 fully saturated rings. The summed E-state index contributed by atoms with van der Waals surface area (Å²) in [6, 6.07) is 8.63. The summed E-state index contributed by atoms with van der Waals surface area (Å²) in [5, 5.41) is 3.26. The number of fused-ring (bicyclic) bond motifs is 1. The Bertz CT molecular complexity index is 676. The number of benzene rings is 2. The van der Waals surface area contributed by atoms with E-state index in [1.807, 2.05) is 12.1 Å². The van der Waals surface area contributed by atoms with Gasteiger partial charge < -0.3 is 5.32 Å². The Labute approximate surface area is 119 Å². The average molecular weight is 295 g/mol. The maximum atomic E-state index is 13.6. The molecule has 0 saturated carbocycles. The van der Waals surface area contributed by atoms with Crippen LogP contribution < -0.4 is 5.32 Å². The van der Waals surface area contributed by atoms with Gasteiger partial charge in [0.05, 0.1) is 5.56 Å². The molecule has 0 aliphatic carbocycles. The lowest BCUT2D eigenvalue weighted by Crippen LogP contribution is -2.11. The van der Waals surface area contributed by atoms with E-state index in [1.165, 1.54) is 6.07 Å². The summed E-state index contributed by atoms with van der Waals surface area (Å²) in [6.07, 6.45) is -2.74. The van der Waals surface area contributed by atoms with Crippen molar-refractivity contribution in [1.29, 1.82) is 0 Å². The topological polar surface area (TPSA) is 12.0 Å². The molecule has 21 heavy (non-hydrogen) atoms. The van der Waals surface area contributed by atoms with E-state index in [0.717, 1.165) is 48.3 Å². The lowest BCUT2D eigenvalue weighted by Gasteiger charge is -2.19. The molecule has 110 valence electrons. The molecule has 2 aromatic carbocycles. The summed E-state index contributed by atoms with van der Waals surface area (Å²) in [5.41, 5.74) is 2.10. The normalized spacial score (nSPS) is 14.5. The Morgan fingerprint density at radius 2 is 1.67 bits per heavy atom. The highest BCUT2D eigenvalue weighted by Gasteiger charge is 2.33. The Kier molecular flexibility index (Phi) is 3.35. The third-order valence-electron chi connectivity index (χ3n) is 3.65. The zero-order chi connectivity index (χ0) is 15.0. The Balaban J connectivity index is 1.99. The molecule has 0 unspecified atom stereocenters. The Morgan fingerprint density at radius 1 is 0.952 bits per heavy atom. The molecule has 0 aromatic heterocycles. The molecule has 0 spiro atoms. The van der Waals surface area contributed by atoms with Crippen molar-refractivity contribution >= 4 is 5.69 Å². The van der Waals surface area contributed by atoms with Gasteiger partial charge in [-0.15, -0.1) is 0 Å². The van der Waals surface area contributed by atoms with Crippen molar-refractivity contribution in [3.63, 3.8) is 0 Å². The summed E-state index contributed by atoms with van der Waals surface area (Å²) in [5.74, 6) is -1.24. The summed E-state index contributed by atoms with van der Waals surface area (Å²) >= 11 is 0. The molecule has 1 heterocycles. The van der Waals surface area contributed by atoms with Gasteiger partial charge in [-0.25, -0.2) is 4.39 Å². The first-order valence-electron chi connectivity index (χ1n) is 6.69. The van der Waals surface area contributed by atoms with E-state index >= 15 is 0 Å². The second-order valence-electron chi connectivity index (χ2n) is 5.09. The maximum Gasteiger partial charge on any atom is 0.419 e. The summed E-state index contributed by atoms with van der Waals surface area (Å²) in [6.45, 7) is 0.918. The van der Waals surface area contributed by atoms with E-state index in [0.29, 0.717) is 5.56 Å². The predicted molar refractivity (Wildman–Crippen MR) is 73.6 cm³/mol. The van der Waals surface area contributed by atoms with Crippen molar-refractivity contribution in [2.75, 3.05) is 11.9 Å². The molecule has 0 atom stereocenters. The Hall–Kier alpha value is -2.04. The molecule has 1 aliphatic heterocycles. The third-order valence-corrected chi connectivity index (χ3v) is 3.65. The van der Waals surface area contributed by atoms with Crippen LogP contribution in [-0.4, -0.2) is 6.54 Å². The predicted octanol–water partition coefficient (Wildman–Crippen LogP) is 4.87. The first-order valence-corrected chi connectivity index (χ1v) is 6.69. The second-order valence-corrected chi connectivity index (χ2v) is 5.09. The van der Waals surface area contributed by atoms with Crippen molar-refractivity contribution in [1.82, 2.24) is 0 Å². The highest BCUT2D eigenvalue weighted by Crippen LogP contribution is 2.34. The van der Waals surface area contributed by atoms with Gasteiger partial charge in [-0.05, 0) is 53.8 Å². The molecule has 3 rings (SSSR count). The van der Waals surface area contributed by atoms with E-state index in [2.05, 4.69) is 5.32 Å². The van der Waals surface area contributed by atoms with Crippen LogP contribution in [0.4, 0.5) is 23.2 Å². The number of hydrogen-bond acceptors (Lipinski definition) is 1. The SMILES string of the molecule is Fc1cc(-c2ccc3c(c2)CCCN3)ccc1C(F)(F)F. The molecule has 1 nitrogen and oxygen atoms in total. The van der Waals surface area contributed by atoms with Gasteiger partial charge in [-0.3, -0.25) is 0 Å². The lowest BCUT2D eigenvalue weighted by atomic mass is 9.96. The molecule has 0 saturated heterocycles. The molecule has 2 aromatic rings. The fraction of sp³-hybridized carbons (Fsp3) is 0.250. The van der Waals surface area contributed by atoms with Crippen molar-refractivity contribution < 1.29 is 17.6 Å². The number of hydrogen-bond donors (Lipinski definition) is 1. The van der Waals surface area contributed by atoms with Crippen LogP contribution in [0.5, 0.6) is 0 Å². The van der Waals surface area contributed by atoms with Crippen LogP contribution in [0.3, 0.4) is 0 Å². The van der Waals surface area contributed by atoms with Gasteiger partial charge in [0.2, 0.25) is 0 Å². The molecule has 0 radical (unpaired) electrons. The van der Waals surface area contributed by atoms with E-state index in [4.69, 9.17) is 0 Å². The van der Waals surface area contributed by atoms with Crippen LogP contribution in [0.25, 0.3) is 11.1 Å². The van der Waals surface area contributed by atoms with E-state index in [9.17, 15) is 17.6 Å². The molecule has 1 N–H and O–H groups in total. The Morgan fingerprint density at radius 3 is 2.38 bits per heavy atom. The summed E-state index contributed by atoms with van der Waals surface area (Å²) < 4.78 is 51.3. The number of alkyl halides is 3. The molecular formula is C16H13F4N. The molecule has 1 aliphatic rings. The van der Waals surface area contributed by atoms with E-state index < -0.39 is 17.6 Å². The van der Waals surface area contributed by atoms with Crippen LogP contribution in [0.2, 0.25) is 0 Å². The van der Waals surface area contributed by atoms with Gasteiger partial charge in [-0.1, -0.05) is 12.1 Å². The van der Waals surface area contributed by atoms with Crippen molar-refractivity contribution in [3.8, 4) is 11.1 Å². The van der Waals surface area contributed by atoms with Crippen LogP contribution in [0, 0.1) is 5.82 Å². The average Bonchev–Trinajstić information content (AvgIpc) is 2.45. The monoisotopic (exact) mass is 295 g/mol. The highest BCUT2D eigenvalue weighted by molar-refractivity contribution is 5.69. The molecule has 5 heteroatoms. The van der Waals surface area contributed by atoms with Gasteiger partial charge in [-0.2, -0.15) is 13.2 Å². The first kappa shape index (κ1) is 13.9. The van der Waals surface area contributed by atoms with Crippen molar-refractivity contribution in [3.05, 3.63) is 53.3 Å². The molecule has 0 bridgehead atoms. The van der Waals surface area contributed by atoms with Gasteiger partial charge in [0, 0.05) is 12.2 Å². The smallest absolute Gasteiger partial charge is 0.385 e. The largest absolute Gasteiger partial charge is 0.419 e. The lowest BCUT2D eigenvalue weighted by molar-refractivity contribution is -0.139. The minimum Gasteiger partial charge on any atom is -0.385 e. The third kappa shape index (κ3) is 2.73. The van der Waals surface area contributed by atoms with Crippen molar-refractivity contribution in [2.45, 2.75) is 19.0 Å². The quantitative estimate of drug-likeness (QED) is 0.740. The molecule has 0 amide bonds. The minimum atomic E-state index is -4.66. The fourth-order valence-electron chi connectivity index (χ4n) is 2.58. The van der Waals surface area contributed by atoms with Gasteiger partial charge in [0.15, 0.2) is 0 Å².